The van der Waals surface area contributed by atoms with Crippen LogP contribution in [0.15, 0.2) is 4.42 Å². The number of hydrogen-bond acceptors (Lipinski definition) is 8. The van der Waals surface area contributed by atoms with Gasteiger partial charge in [-0.2, -0.15) is 13.2 Å². The van der Waals surface area contributed by atoms with E-state index in [-0.39, 0.29) is 23.6 Å². The minimum atomic E-state index is -4.35. The number of carbonyl (C=O) groups excluding carboxylic acids is 1. The average Bonchev–Trinajstić information content (AvgIpc) is 3.36. The molecule has 1 fully saturated rings. The highest BCUT2D eigenvalue weighted by atomic mass is 32.1. The Kier molecular flexibility index (Phi) is 7.52. The molecule has 0 unspecified atom stereocenters. The molecular weight excluding hydrogens is 459 g/mol. The smallest absolute Gasteiger partial charge is 0.422 e. The van der Waals surface area contributed by atoms with Crippen LogP contribution in [0.5, 0.6) is 5.19 Å². The van der Waals surface area contributed by atoms with Crippen molar-refractivity contribution in [1.29, 1.82) is 0 Å². The SMILES string of the molecule is Cc1nnc(CC(=O)NC2CCC(CCN3CCc4sc(OCC(F)(F)F)nc4C3)CC2)o1. The lowest BCUT2D eigenvalue weighted by Gasteiger charge is -2.31. The van der Waals surface area contributed by atoms with Gasteiger partial charge in [0.2, 0.25) is 17.7 Å². The fraction of sp³-hybridized carbons (Fsp3) is 0.714. The zero-order valence-electron chi connectivity index (χ0n) is 18.5. The molecule has 4 rings (SSSR count). The Morgan fingerprint density at radius 3 is 2.76 bits per heavy atom. The highest BCUT2D eigenvalue weighted by Crippen LogP contribution is 2.32. The lowest BCUT2D eigenvalue weighted by atomic mass is 9.84. The Balaban J connectivity index is 1.15. The molecule has 0 bridgehead atoms. The van der Waals surface area contributed by atoms with Crippen molar-refractivity contribution in [3.05, 3.63) is 22.4 Å². The molecule has 33 heavy (non-hydrogen) atoms. The lowest BCUT2D eigenvalue weighted by molar-refractivity contribution is -0.153. The number of thiazole rings is 1. The number of alkyl halides is 3. The van der Waals surface area contributed by atoms with E-state index in [0.717, 1.165) is 62.2 Å². The van der Waals surface area contributed by atoms with Crippen LogP contribution in [0.2, 0.25) is 0 Å². The van der Waals surface area contributed by atoms with Crippen molar-refractivity contribution in [2.24, 2.45) is 5.92 Å². The number of aryl methyl sites for hydroxylation is 1. The Labute approximate surface area is 193 Å². The van der Waals surface area contributed by atoms with E-state index in [1.54, 1.807) is 6.92 Å². The van der Waals surface area contributed by atoms with Gasteiger partial charge in [0.1, 0.15) is 6.42 Å². The van der Waals surface area contributed by atoms with Crippen molar-refractivity contribution < 1.29 is 27.1 Å². The quantitative estimate of drug-likeness (QED) is 0.610. The van der Waals surface area contributed by atoms with Crippen molar-refractivity contribution in [2.45, 2.75) is 70.6 Å². The number of nitrogens with zero attached hydrogens (tertiary/aromatic N) is 4. The van der Waals surface area contributed by atoms with E-state index in [9.17, 15) is 18.0 Å². The molecule has 12 heteroatoms. The summed E-state index contributed by atoms with van der Waals surface area (Å²) in [5.74, 6) is 1.31. The third-order valence-corrected chi connectivity index (χ3v) is 7.16. The summed E-state index contributed by atoms with van der Waals surface area (Å²) in [6.07, 6.45) is 1.65. The highest BCUT2D eigenvalue weighted by molar-refractivity contribution is 7.13. The van der Waals surface area contributed by atoms with Gasteiger partial charge < -0.3 is 14.5 Å². The van der Waals surface area contributed by atoms with Gasteiger partial charge in [-0.1, -0.05) is 11.3 Å². The van der Waals surface area contributed by atoms with Gasteiger partial charge in [-0.3, -0.25) is 9.69 Å². The summed E-state index contributed by atoms with van der Waals surface area (Å²) < 4.78 is 47.1. The standard InChI is InChI=1S/C21H28F3N5O3S/c1-13-27-28-19(32-13)10-18(30)25-15-4-2-14(3-5-15)6-8-29-9-7-17-16(11-29)26-20(33-17)31-12-21(22,23)24/h14-15H,2-12H2,1H3,(H,25,30). The molecule has 2 aromatic heterocycles. The van der Waals surface area contributed by atoms with Gasteiger partial charge in [-0.05, 0) is 51.0 Å². The predicted octanol–water partition coefficient (Wildman–Crippen LogP) is 3.44. The molecular formula is C21H28F3N5O3S. The minimum Gasteiger partial charge on any atom is -0.460 e. The van der Waals surface area contributed by atoms with Crippen molar-refractivity contribution in [1.82, 2.24) is 25.4 Å². The second-order valence-electron chi connectivity index (χ2n) is 8.75. The fourth-order valence-corrected chi connectivity index (χ4v) is 5.32. The number of ether oxygens (including phenoxy) is 1. The largest absolute Gasteiger partial charge is 0.460 e. The van der Waals surface area contributed by atoms with Crippen LogP contribution >= 0.6 is 11.3 Å². The Morgan fingerprint density at radius 2 is 2.06 bits per heavy atom. The first kappa shape index (κ1) is 23.9. The van der Waals surface area contributed by atoms with Crippen LogP contribution in [0.3, 0.4) is 0 Å². The van der Waals surface area contributed by atoms with Crippen molar-refractivity contribution in [3.63, 3.8) is 0 Å². The first-order chi connectivity index (χ1) is 15.7. The number of aromatic nitrogens is 3. The molecule has 182 valence electrons. The molecule has 0 saturated heterocycles. The summed E-state index contributed by atoms with van der Waals surface area (Å²) >= 11 is 1.22. The summed E-state index contributed by atoms with van der Waals surface area (Å²) in [6.45, 7) is 2.87. The van der Waals surface area contributed by atoms with Crippen LogP contribution in [0.4, 0.5) is 13.2 Å². The minimum absolute atomic E-state index is 0.0898. The Bertz CT molecular complexity index is 940. The second kappa shape index (κ2) is 10.4. The Hall–Kier alpha value is -2.21. The first-order valence-corrected chi connectivity index (χ1v) is 12.0. The maximum atomic E-state index is 12.4. The first-order valence-electron chi connectivity index (χ1n) is 11.2. The van der Waals surface area contributed by atoms with Crippen molar-refractivity contribution in [2.75, 3.05) is 19.7 Å². The molecule has 2 aliphatic rings. The number of halogens is 3. The molecule has 8 nitrogen and oxygen atoms in total. The van der Waals surface area contributed by atoms with Gasteiger partial charge in [0, 0.05) is 30.9 Å². The maximum Gasteiger partial charge on any atom is 0.422 e. The topological polar surface area (TPSA) is 93.4 Å². The summed E-state index contributed by atoms with van der Waals surface area (Å²) in [5, 5.41) is 10.8. The number of hydrogen-bond donors (Lipinski definition) is 1. The van der Waals surface area contributed by atoms with Gasteiger partial charge >= 0.3 is 6.18 Å². The normalized spacial score (nSPS) is 21.6. The Morgan fingerprint density at radius 1 is 1.27 bits per heavy atom. The third kappa shape index (κ3) is 7.13. The van der Waals surface area contributed by atoms with Crippen LogP contribution < -0.4 is 10.1 Å². The third-order valence-electron chi connectivity index (χ3n) is 6.09. The predicted molar refractivity (Wildman–Crippen MR) is 114 cm³/mol. The summed E-state index contributed by atoms with van der Waals surface area (Å²) in [7, 11) is 0. The maximum absolute atomic E-state index is 12.4. The van der Waals surface area contributed by atoms with E-state index in [1.165, 1.54) is 11.3 Å². The molecule has 3 heterocycles. The van der Waals surface area contributed by atoms with E-state index >= 15 is 0 Å². The monoisotopic (exact) mass is 487 g/mol. The average molecular weight is 488 g/mol. The van der Waals surface area contributed by atoms with Crippen molar-refractivity contribution >= 4 is 17.2 Å². The molecule has 2 aromatic rings. The van der Waals surface area contributed by atoms with Crippen LogP contribution in [0, 0.1) is 12.8 Å². The zero-order valence-corrected chi connectivity index (χ0v) is 19.3. The van der Waals surface area contributed by atoms with Gasteiger partial charge in [0.05, 0.1) is 5.69 Å². The molecule has 1 N–H and O–H groups in total. The molecule has 1 aliphatic carbocycles. The van der Waals surface area contributed by atoms with Crippen LogP contribution in [-0.2, 0) is 24.2 Å². The van der Waals surface area contributed by atoms with Crippen LogP contribution in [0.1, 0.15) is 54.5 Å². The fourth-order valence-electron chi connectivity index (χ4n) is 4.41. The number of carbonyl (C=O) groups is 1. The van der Waals surface area contributed by atoms with E-state index in [4.69, 9.17) is 9.15 Å². The molecule has 0 spiro atoms. The molecule has 0 atom stereocenters. The molecule has 0 aromatic carbocycles. The molecule has 0 radical (unpaired) electrons. The number of fused-ring (bicyclic) bond motifs is 1. The van der Waals surface area contributed by atoms with E-state index in [0.29, 0.717) is 24.2 Å². The zero-order chi connectivity index (χ0) is 23.4. The van der Waals surface area contributed by atoms with Gasteiger partial charge in [0.25, 0.3) is 5.19 Å². The summed E-state index contributed by atoms with van der Waals surface area (Å²) in [6, 6.07) is 0.181. The van der Waals surface area contributed by atoms with Crippen LogP contribution in [0.25, 0.3) is 0 Å². The van der Waals surface area contributed by atoms with Crippen molar-refractivity contribution in [3.8, 4) is 5.19 Å². The van der Waals surface area contributed by atoms with Gasteiger partial charge in [-0.25, -0.2) is 4.98 Å². The molecule has 1 amide bonds. The lowest BCUT2D eigenvalue weighted by Crippen LogP contribution is -2.39. The number of nitrogens with one attached hydrogen (secondary N) is 1. The summed E-state index contributed by atoms with van der Waals surface area (Å²) in [5.41, 5.74) is 0.839. The number of amides is 1. The van der Waals surface area contributed by atoms with Gasteiger partial charge in [-0.15, -0.1) is 10.2 Å². The highest BCUT2D eigenvalue weighted by Gasteiger charge is 2.30. The van der Waals surface area contributed by atoms with Gasteiger partial charge in [0.15, 0.2) is 6.61 Å². The second-order valence-corrected chi connectivity index (χ2v) is 9.79. The van der Waals surface area contributed by atoms with E-state index in [2.05, 4.69) is 25.4 Å². The summed E-state index contributed by atoms with van der Waals surface area (Å²) in [4.78, 5) is 19.8. The van der Waals surface area contributed by atoms with E-state index < -0.39 is 12.8 Å². The molecule has 1 aliphatic heterocycles. The molecule has 1 saturated carbocycles. The van der Waals surface area contributed by atoms with Crippen LogP contribution in [-0.4, -0.2) is 57.9 Å². The number of rotatable bonds is 8. The van der Waals surface area contributed by atoms with E-state index in [1.807, 2.05) is 0 Å².